The predicted molar refractivity (Wildman–Crippen MR) is 118 cm³/mol. The van der Waals surface area contributed by atoms with Crippen LogP contribution in [0.3, 0.4) is 0 Å². The lowest BCUT2D eigenvalue weighted by Crippen LogP contribution is -2.27. The van der Waals surface area contributed by atoms with Crippen molar-refractivity contribution in [3.8, 4) is 0 Å². The van der Waals surface area contributed by atoms with E-state index in [0.29, 0.717) is 12.0 Å². The van der Waals surface area contributed by atoms with Gasteiger partial charge in [-0.3, -0.25) is 10.1 Å². The number of hydrogen-bond donors (Lipinski definition) is 1. The number of unbranched alkanes of at least 4 members (excludes halogenated alkanes) is 2. The average Bonchev–Trinajstić information content (AvgIpc) is 2.71. The van der Waals surface area contributed by atoms with E-state index in [-0.39, 0.29) is 4.92 Å². The summed E-state index contributed by atoms with van der Waals surface area (Å²) in [5.41, 5.74) is 0.646. The Bertz CT molecular complexity index is 1110. The number of rotatable bonds is 8. The van der Waals surface area contributed by atoms with Crippen LogP contribution in [-0.2, 0) is 0 Å². The van der Waals surface area contributed by atoms with E-state index in [0.717, 1.165) is 56.9 Å². The quantitative estimate of drug-likeness (QED) is 0.116. The number of alkyl halides is 1. The minimum absolute atomic E-state index is 0.323. The highest BCUT2D eigenvalue weighted by atomic mass is 79.9. The molecule has 4 rings (SSSR count). The summed E-state index contributed by atoms with van der Waals surface area (Å²) in [6.07, 6.45) is 1.90. The van der Waals surface area contributed by atoms with E-state index in [2.05, 4.69) is 40.2 Å². The lowest BCUT2D eigenvalue weighted by Gasteiger charge is -2.20. The number of aliphatic hydroxyl groups excluding tert-OH is 1. The molecule has 5 heteroatoms. The molecule has 0 saturated heterocycles. The van der Waals surface area contributed by atoms with E-state index in [1.165, 1.54) is 0 Å². The lowest BCUT2D eigenvalue weighted by molar-refractivity contribution is -0.536. The highest BCUT2D eigenvalue weighted by Gasteiger charge is 2.32. The number of nitro groups is 1. The Labute approximate surface area is 171 Å². The summed E-state index contributed by atoms with van der Waals surface area (Å²) >= 11 is 3.39. The highest BCUT2D eigenvalue weighted by molar-refractivity contribution is 9.09. The van der Waals surface area contributed by atoms with Gasteiger partial charge in [0.25, 0.3) is 0 Å². The molecule has 144 valence electrons. The number of benzene rings is 4. The number of aliphatic hydroxyl groups is 1. The molecule has 0 bridgehead atoms. The Hall–Kier alpha value is -2.24. The molecule has 0 spiro atoms. The summed E-state index contributed by atoms with van der Waals surface area (Å²) < 4.78 is 0. The maximum atomic E-state index is 11.7. The van der Waals surface area contributed by atoms with Crippen LogP contribution in [0.5, 0.6) is 0 Å². The van der Waals surface area contributed by atoms with Gasteiger partial charge in [0.1, 0.15) is 6.10 Å². The molecule has 4 nitrogen and oxygen atoms in total. The monoisotopic (exact) mass is 439 g/mol. The molecular weight excluding hydrogens is 418 g/mol. The standard InChI is InChI=1S/C23H22BrNO3/c24-14-3-1-2-7-20(25(27)28)23(26)19-13-11-17-9-8-15-5-4-6-16-10-12-18(19)22(17)21(15)16/h4-6,8-13,20,23,26H,1-3,7,14H2. The van der Waals surface area contributed by atoms with Gasteiger partial charge in [-0.25, -0.2) is 0 Å². The number of nitrogens with zero attached hydrogens (tertiary/aromatic N) is 1. The largest absolute Gasteiger partial charge is 0.381 e. The van der Waals surface area contributed by atoms with Crippen molar-refractivity contribution < 1.29 is 10.0 Å². The summed E-state index contributed by atoms with van der Waals surface area (Å²) in [6, 6.07) is 17.2. The molecule has 0 aliphatic rings. The van der Waals surface area contributed by atoms with Gasteiger partial charge in [-0.2, -0.15) is 0 Å². The summed E-state index contributed by atoms with van der Waals surface area (Å²) in [7, 11) is 0. The van der Waals surface area contributed by atoms with E-state index in [4.69, 9.17) is 0 Å². The van der Waals surface area contributed by atoms with Gasteiger partial charge in [-0.1, -0.05) is 76.9 Å². The van der Waals surface area contributed by atoms with Gasteiger partial charge in [0, 0.05) is 16.7 Å². The first-order chi connectivity index (χ1) is 13.6. The summed E-state index contributed by atoms with van der Waals surface area (Å²) in [4.78, 5) is 11.4. The summed E-state index contributed by atoms with van der Waals surface area (Å²) in [5, 5.41) is 30.1. The third-order valence-corrected chi connectivity index (χ3v) is 6.21. The van der Waals surface area contributed by atoms with Crippen molar-refractivity contribution in [2.75, 3.05) is 5.33 Å². The van der Waals surface area contributed by atoms with Crippen LogP contribution in [0.1, 0.15) is 37.4 Å². The Morgan fingerprint density at radius 3 is 2.21 bits per heavy atom. The average molecular weight is 440 g/mol. The highest BCUT2D eigenvalue weighted by Crippen LogP contribution is 2.38. The topological polar surface area (TPSA) is 63.4 Å². The smallest absolute Gasteiger partial charge is 0.242 e. The molecule has 1 N–H and O–H groups in total. The van der Waals surface area contributed by atoms with Crippen molar-refractivity contribution in [2.45, 2.75) is 37.8 Å². The molecule has 0 saturated carbocycles. The third kappa shape index (κ3) is 3.33. The van der Waals surface area contributed by atoms with Crippen LogP contribution in [-0.4, -0.2) is 21.4 Å². The van der Waals surface area contributed by atoms with Crippen LogP contribution in [0.2, 0.25) is 0 Å². The van der Waals surface area contributed by atoms with Crippen LogP contribution in [0, 0.1) is 10.1 Å². The van der Waals surface area contributed by atoms with Crippen LogP contribution in [0.25, 0.3) is 32.3 Å². The van der Waals surface area contributed by atoms with Crippen LogP contribution >= 0.6 is 15.9 Å². The molecule has 0 aromatic heterocycles. The van der Waals surface area contributed by atoms with Crippen molar-refractivity contribution in [3.63, 3.8) is 0 Å². The van der Waals surface area contributed by atoms with Gasteiger partial charge in [0.2, 0.25) is 6.04 Å². The van der Waals surface area contributed by atoms with E-state index >= 15 is 0 Å². The van der Waals surface area contributed by atoms with Gasteiger partial charge in [0.05, 0.1) is 0 Å². The minimum Gasteiger partial charge on any atom is -0.381 e. The Kier molecular flexibility index (Phi) is 5.47. The fourth-order valence-electron chi connectivity index (χ4n) is 4.23. The van der Waals surface area contributed by atoms with Crippen LogP contribution < -0.4 is 0 Å². The van der Waals surface area contributed by atoms with E-state index in [9.17, 15) is 15.2 Å². The fourth-order valence-corrected chi connectivity index (χ4v) is 4.62. The second kappa shape index (κ2) is 8.02. The first-order valence-electron chi connectivity index (χ1n) is 9.66. The second-order valence-corrected chi connectivity index (χ2v) is 8.14. The summed E-state index contributed by atoms with van der Waals surface area (Å²) in [6.45, 7) is 0. The SMILES string of the molecule is O=[N+]([O-])C(CCCCCBr)C(O)c1ccc2ccc3cccc4ccc1c2c34. The number of hydrogen-bond acceptors (Lipinski definition) is 3. The molecule has 4 aromatic carbocycles. The Balaban J connectivity index is 1.80. The maximum absolute atomic E-state index is 11.7. The Morgan fingerprint density at radius 1 is 0.893 bits per heavy atom. The van der Waals surface area contributed by atoms with Crippen LogP contribution in [0.4, 0.5) is 0 Å². The van der Waals surface area contributed by atoms with Crippen molar-refractivity contribution in [2.24, 2.45) is 0 Å². The predicted octanol–water partition coefficient (Wildman–Crippen LogP) is 6.22. The fraction of sp³-hybridized carbons (Fsp3) is 0.304. The zero-order valence-electron chi connectivity index (χ0n) is 15.5. The van der Waals surface area contributed by atoms with E-state index in [1.54, 1.807) is 0 Å². The number of halogens is 1. The first-order valence-corrected chi connectivity index (χ1v) is 10.8. The van der Waals surface area contributed by atoms with Crippen molar-refractivity contribution >= 4 is 48.2 Å². The molecule has 28 heavy (non-hydrogen) atoms. The zero-order chi connectivity index (χ0) is 19.7. The molecule has 0 aliphatic heterocycles. The second-order valence-electron chi connectivity index (χ2n) is 7.35. The molecule has 0 heterocycles. The Morgan fingerprint density at radius 2 is 1.54 bits per heavy atom. The maximum Gasteiger partial charge on any atom is 0.242 e. The molecule has 0 amide bonds. The normalized spacial score (nSPS) is 14.1. The van der Waals surface area contributed by atoms with Crippen molar-refractivity contribution in [3.05, 3.63) is 70.3 Å². The minimum atomic E-state index is -1.12. The van der Waals surface area contributed by atoms with Gasteiger partial charge < -0.3 is 5.11 Å². The molecule has 0 radical (unpaired) electrons. The van der Waals surface area contributed by atoms with Gasteiger partial charge in [0.15, 0.2) is 0 Å². The van der Waals surface area contributed by atoms with Gasteiger partial charge in [-0.15, -0.1) is 0 Å². The van der Waals surface area contributed by atoms with E-state index in [1.807, 2.05) is 30.3 Å². The van der Waals surface area contributed by atoms with Gasteiger partial charge >= 0.3 is 0 Å². The molecule has 0 fully saturated rings. The molecule has 2 atom stereocenters. The van der Waals surface area contributed by atoms with Crippen molar-refractivity contribution in [1.82, 2.24) is 0 Å². The van der Waals surface area contributed by atoms with Crippen molar-refractivity contribution in [1.29, 1.82) is 0 Å². The third-order valence-electron chi connectivity index (χ3n) is 5.65. The van der Waals surface area contributed by atoms with E-state index < -0.39 is 12.1 Å². The zero-order valence-corrected chi connectivity index (χ0v) is 17.1. The molecular formula is C23H22BrNO3. The van der Waals surface area contributed by atoms with Crippen LogP contribution in [0.15, 0.2) is 54.6 Å². The van der Waals surface area contributed by atoms with Gasteiger partial charge in [-0.05, 0) is 50.7 Å². The molecule has 0 aliphatic carbocycles. The molecule has 2 unspecified atom stereocenters. The lowest BCUT2D eigenvalue weighted by atomic mass is 9.88. The molecule has 4 aromatic rings. The summed E-state index contributed by atoms with van der Waals surface area (Å²) in [5.74, 6) is 0. The first kappa shape index (κ1) is 19.1.